The number of aliphatic hydroxyl groups is 1. The first-order valence-corrected chi connectivity index (χ1v) is 4.93. The van der Waals surface area contributed by atoms with Crippen molar-refractivity contribution >= 4 is 0 Å². The van der Waals surface area contributed by atoms with E-state index < -0.39 is 0 Å². The molecule has 14 heavy (non-hydrogen) atoms. The molecule has 0 atom stereocenters. The van der Waals surface area contributed by atoms with Gasteiger partial charge in [0, 0.05) is 37.5 Å². The molecule has 0 saturated heterocycles. The molecule has 0 spiro atoms. The van der Waals surface area contributed by atoms with Gasteiger partial charge in [-0.3, -0.25) is 4.68 Å². The Hall–Kier alpha value is -0.870. The summed E-state index contributed by atoms with van der Waals surface area (Å²) in [5.41, 5.74) is -0.0376. The normalized spacial score (nSPS) is 11.9. The van der Waals surface area contributed by atoms with E-state index in [1.165, 1.54) is 0 Å². The van der Waals surface area contributed by atoms with E-state index >= 15 is 0 Å². The van der Waals surface area contributed by atoms with Crippen molar-refractivity contribution in [2.75, 3.05) is 19.7 Å². The summed E-state index contributed by atoms with van der Waals surface area (Å²) >= 11 is 0. The molecule has 0 amide bonds. The molecular weight excluding hydrogens is 178 g/mol. The zero-order valence-corrected chi connectivity index (χ0v) is 8.90. The summed E-state index contributed by atoms with van der Waals surface area (Å²) < 4.78 is 1.89. The second-order valence-electron chi connectivity index (χ2n) is 4.27. The summed E-state index contributed by atoms with van der Waals surface area (Å²) in [5, 5.41) is 16.4. The van der Waals surface area contributed by atoms with Crippen molar-refractivity contribution in [2.24, 2.45) is 5.41 Å². The maximum Gasteiger partial charge on any atom is 0.0533 e. The number of rotatable bonds is 6. The quantitative estimate of drug-likeness (QED) is 0.653. The molecule has 0 aliphatic rings. The molecule has 80 valence electrons. The van der Waals surface area contributed by atoms with Crippen LogP contribution < -0.4 is 5.32 Å². The van der Waals surface area contributed by atoms with Crippen LogP contribution in [0.4, 0.5) is 0 Å². The Morgan fingerprint density at radius 1 is 1.50 bits per heavy atom. The third-order valence-electron chi connectivity index (χ3n) is 2.11. The standard InChI is InChI=1S/C10H19N3O/c1-10(2,9-14)8-11-5-7-13-6-3-4-12-13/h3-4,6,11,14H,5,7-9H2,1-2H3. The van der Waals surface area contributed by atoms with Crippen LogP contribution in [0.15, 0.2) is 18.5 Å². The van der Waals surface area contributed by atoms with Crippen molar-refractivity contribution in [3.05, 3.63) is 18.5 Å². The Morgan fingerprint density at radius 3 is 2.86 bits per heavy atom. The fourth-order valence-corrected chi connectivity index (χ4v) is 1.11. The second kappa shape index (κ2) is 5.12. The van der Waals surface area contributed by atoms with Crippen molar-refractivity contribution in [3.8, 4) is 0 Å². The fraction of sp³-hybridized carbons (Fsp3) is 0.700. The van der Waals surface area contributed by atoms with E-state index in [1.807, 2.05) is 30.8 Å². The molecule has 0 unspecified atom stereocenters. The predicted octanol–water partition coefficient (Wildman–Crippen LogP) is 0.491. The van der Waals surface area contributed by atoms with Gasteiger partial charge in [-0.1, -0.05) is 13.8 Å². The molecule has 4 nitrogen and oxygen atoms in total. The van der Waals surface area contributed by atoms with Crippen LogP contribution in [-0.4, -0.2) is 34.6 Å². The number of aliphatic hydroxyl groups excluding tert-OH is 1. The first-order valence-electron chi connectivity index (χ1n) is 4.93. The first-order chi connectivity index (χ1) is 6.64. The van der Waals surface area contributed by atoms with Gasteiger partial charge >= 0.3 is 0 Å². The highest BCUT2D eigenvalue weighted by Crippen LogP contribution is 2.10. The molecule has 0 bridgehead atoms. The first kappa shape index (κ1) is 11.2. The summed E-state index contributed by atoms with van der Waals surface area (Å²) in [7, 11) is 0. The van der Waals surface area contributed by atoms with Crippen LogP contribution in [0.25, 0.3) is 0 Å². The van der Waals surface area contributed by atoms with Crippen LogP contribution in [0.3, 0.4) is 0 Å². The van der Waals surface area contributed by atoms with Gasteiger partial charge in [0.15, 0.2) is 0 Å². The van der Waals surface area contributed by atoms with Gasteiger partial charge in [-0.15, -0.1) is 0 Å². The number of nitrogens with one attached hydrogen (secondary N) is 1. The van der Waals surface area contributed by atoms with Crippen LogP contribution in [0.5, 0.6) is 0 Å². The van der Waals surface area contributed by atoms with Crippen LogP contribution in [0.2, 0.25) is 0 Å². The Kier molecular flexibility index (Phi) is 4.10. The van der Waals surface area contributed by atoms with E-state index in [0.29, 0.717) is 0 Å². The van der Waals surface area contributed by atoms with E-state index in [1.54, 1.807) is 6.20 Å². The van der Waals surface area contributed by atoms with Gasteiger partial charge in [0.25, 0.3) is 0 Å². The Labute approximate surface area is 84.9 Å². The Bertz CT molecular complexity index is 244. The van der Waals surface area contributed by atoms with E-state index in [9.17, 15) is 0 Å². The van der Waals surface area contributed by atoms with Crippen molar-refractivity contribution in [1.82, 2.24) is 15.1 Å². The van der Waals surface area contributed by atoms with Crippen LogP contribution >= 0.6 is 0 Å². The molecule has 0 aromatic carbocycles. The SMILES string of the molecule is CC(C)(CO)CNCCn1cccn1. The monoisotopic (exact) mass is 197 g/mol. The number of hydrogen-bond donors (Lipinski definition) is 2. The fourth-order valence-electron chi connectivity index (χ4n) is 1.11. The maximum absolute atomic E-state index is 9.02. The lowest BCUT2D eigenvalue weighted by molar-refractivity contribution is 0.157. The molecule has 0 radical (unpaired) electrons. The van der Waals surface area contributed by atoms with E-state index in [4.69, 9.17) is 5.11 Å². The zero-order chi connectivity index (χ0) is 10.4. The molecule has 1 rings (SSSR count). The lowest BCUT2D eigenvalue weighted by atomic mass is 9.95. The average Bonchev–Trinajstić information content (AvgIpc) is 2.65. The van der Waals surface area contributed by atoms with Crippen molar-refractivity contribution in [2.45, 2.75) is 20.4 Å². The van der Waals surface area contributed by atoms with Gasteiger partial charge in [-0.2, -0.15) is 5.10 Å². The van der Waals surface area contributed by atoms with Gasteiger partial charge in [-0.25, -0.2) is 0 Å². The lowest BCUT2D eigenvalue weighted by Crippen LogP contribution is -2.34. The minimum atomic E-state index is -0.0376. The highest BCUT2D eigenvalue weighted by Gasteiger charge is 2.14. The summed E-state index contributed by atoms with van der Waals surface area (Å²) in [6, 6.07) is 1.91. The van der Waals surface area contributed by atoms with Gasteiger partial charge in [-0.05, 0) is 6.07 Å². The third-order valence-corrected chi connectivity index (χ3v) is 2.11. The van der Waals surface area contributed by atoms with Crippen LogP contribution in [-0.2, 0) is 6.54 Å². The third kappa shape index (κ3) is 3.89. The van der Waals surface area contributed by atoms with Gasteiger partial charge in [0.05, 0.1) is 6.54 Å². The van der Waals surface area contributed by atoms with Crippen LogP contribution in [0, 0.1) is 5.41 Å². The smallest absolute Gasteiger partial charge is 0.0533 e. The van der Waals surface area contributed by atoms with E-state index in [0.717, 1.165) is 19.6 Å². The van der Waals surface area contributed by atoms with Crippen molar-refractivity contribution in [1.29, 1.82) is 0 Å². The minimum absolute atomic E-state index is 0.0376. The summed E-state index contributed by atoms with van der Waals surface area (Å²) in [5.74, 6) is 0. The summed E-state index contributed by atoms with van der Waals surface area (Å²) in [6.45, 7) is 6.86. The predicted molar refractivity (Wildman–Crippen MR) is 56.0 cm³/mol. The summed E-state index contributed by atoms with van der Waals surface area (Å²) in [6.07, 6.45) is 3.72. The minimum Gasteiger partial charge on any atom is -0.396 e. The lowest BCUT2D eigenvalue weighted by Gasteiger charge is -2.21. The highest BCUT2D eigenvalue weighted by molar-refractivity contribution is 4.78. The van der Waals surface area contributed by atoms with Crippen LogP contribution in [0.1, 0.15) is 13.8 Å². The topological polar surface area (TPSA) is 50.1 Å². The number of nitrogens with zero attached hydrogens (tertiary/aromatic N) is 2. The maximum atomic E-state index is 9.02. The number of aromatic nitrogens is 2. The molecular formula is C10H19N3O. The van der Waals surface area contributed by atoms with Gasteiger partial charge in [0.1, 0.15) is 0 Å². The molecule has 1 aromatic heterocycles. The van der Waals surface area contributed by atoms with Gasteiger partial charge < -0.3 is 10.4 Å². The second-order valence-corrected chi connectivity index (χ2v) is 4.27. The summed E-state index contributed by atoms with van der Waals surface area (Å²) in [4.78, 5) is 0. The van der Waals surface area contributed by atoms with E-state index in [2.05, 4.69) is 10.4 Å². The molecule has 0 saturated carbocycles. The molecule has 4 heteroatoms. The van der Waals surface area contributed by atoms with Crippen molar-refractivity contribution in [3.63, 3.8) is 0 Å². The molecule has 0 fully saturated rings. The average molecular weight is 197 g/mol. The Balaban J connectivity index is 2.11. The molecule has 1 aromatic rings. The molecule has 0 aliphatic carbocycles. The molecule has 2 N–H and O–H groups in total. The highest BCUT2D eigenvalue weighted by atomic mass is 16.3. The van der Waals surface area contributed by atoms with Crippen molar-refractivity contribution < 1.29 is 5.11 Å². The zero-order valence-electron chi connectivity index (χ0n) is 8.90. The molecule has 1 heterocycles. The van der Waals surface area contributed by atoms with E-state index in [-0.39, 0.29) is 12.0 Å². The van der Waals surface area contributed by atoms with Gasteiger partial charge in [0.2, 0.25) is 0 Å². The Morgan fingerprint density at radius 2 is 2.29 bits per heavy atom. The largest absolute Gasteiger partial charge is 0.396 e. The molecule has 0 aliphatic heterocycles. The number of hydrogen-bond acceptors (Lipinski definition) is 3.